The van der Waals surface area contributed by atoms with E-state index in [4.69, 9.17) is 11.6 Å². The van der Waals surface area contributed by atoms with Crippen molar-refractivity contribution in [2.45, 2.75) is 19.5 Å². The zero-order valence-corrected chi connectivity index (χ0v) is 17.9. The van der Waals surface area contributed by atoms with Gasteiger partial charge in [0.15, 0.2) is 0 Å². The van der Waals surface area contributed by atoms with Crippen LogP contribution < -0.4 is 5.32 Å². The van der Waals surface area contributed by atoms with Gasteiger partial charge in [0.1, 0.15) is 0 Å². The van der Waals surface area contributed by atoms with Crippen LogP contribution in [0.25, 0.3) is 5.69 Å². The number of amides is 2. The summed E-state index contributed by atoms with van der Waals surface area (Å²) in [5.41, 5.74) is 6.15. The van der Waals surface area contributed by atoms with Crippen LogP contribution in [0.3, 0.4) is 0 Å². The number of aromatic nitrogens is 1. The number of carbonyl (C=O) groups is 1. The average Bonchev–Trinajstić information content (AvgIpc) is 3.20. The van der Waals surface area contributed by atoms with E-state index in [1.54, 1.807) is 0 Å². The fourth-order valence-electron chi connectivity index (χ4n) is 4.17. The van der Waals surface area contributed by atoms with Gasteiger partial charge >= 0.3 is 6.03 Å². The lowest BCUT2D eigenvalue weighted by Gasteiger charge is -2.31. The smallest absolute Gasteiger partial charge is 0.318 e. The zero-order chi connectivity index (χ0) is 21.4. The Kier molecular flexibility index (Phi) is 5.00. The van der Waals surface area contributed by atoms with E-state index in [0.717, 1.165) is 33.8 Å². The Balaban J connectivity index is 1.62. The molecule has 1 N–H and O–H groups in total. The lowest BCUT2D eigenvalue weighted by molar-refractivity contribution is 0.194. The molecule has 2 amide bonds. The number of halogens is 1. The van der Waals surface area contributed by atoms with Crippen LogP contribution in [-0.4, -0.2) is 15.5 Å². The van der Waals surface area contributed by atoms with Crippen LogP contribution in [0, 0.1) is 6.92 Å². The monoisotopic (exact) mass is 427 g/mol. The number of benzene rings is 3. The molecule has 31 heavy (non-hydrogen) atoms. The van der Waals surface area contributed by atoms with Crippen LogP contribution in [0.15, 0.2) is 91.1 Å². The molecule has 154 valence electrons. The summed E-state index contributed by atoms with van der Waals surface area (Å²) in [6.45, 7) is 2.52. The van der Waals surface area contributed by atoms with Gasteiger partial charge in [-0.2, -0.15) is 0 Å². The highest BCUT2D eigenvalue weighted by Gasteiger charge is 2.32. The number of rotatable bonds is 2. The number of hydrogen-bond donors (Lipinski definition) is 1. The van der Waals surface area contributed by atoms with Gasteiger partial charge in [0.2, 0.25) is 0 Å². The van der Waals surface area contributed by atoms with Gasteiger partial charge in [-0.1, -0.05) is 59.6 Å². The lowest BCUT2D eigenvalue weighted by atomic mass is 10.0. The molecular formula is C26H22ClN3O. The Bertz CT molecular complexity index is 1230. The number of nitrogens with zero attached hydrogens (tertiary/aromatic N) is 2. The number of nitrogens with one attached hydrogen (secondary N) is 1. The highest BCUT2D eigenvalue weighted by atomic mass is 35.5. The Hall–Kier alpha value is -3.50. The van der Waals surface area contributed by atoms with Crippen molar-refractivity contribution in [3.8, 4) is 5.69 Å². The minimum absolute atomic E-state index is 0.145. The van der Waals surface area contributed by atoms with Gasteiger partial charge in [-0.3, -0.25) is 0 Å². The third-order valence-corrected chi connectivity index (χ3v) is 5.97. The quantitative estimate of drug-likeness (QED) is 0.385. The summed E-state index contributed by atoms with van der Waals surface area (Å²) >= 11 is 6.16. The molecule has 3 aromatic carbocycles. The summed E-state index contributed by atoms with van der Waals surface area (Å²) < 4.78 is 2.17. The fraction of sp³-hybridized carbons (Fsp3) is 0.115. The lowest BCUT2D eigenvalue weighted by Crippen LogP contribution is -2.37. The molecule has 0 bridgehead atoms. The van der Waals surface area contributed by atoms with Gasteiger partial charge in [-0.05, 0) is 60.5 Å². The van der Waals surface area contributed by atoms with E-state index in [1.807, 2.05) is 78.6 Å². The van der Waals surface area contributed by atoms with Gasteiger partial charge in [0.25, 0.3) is 0 Å². The Labute approximate surface area is 186 Å². The van der Waals surface area contributed by atoms with Crippen molar-refractivity contribution in [3.05, 3.63) is 119 Å². The van der Waals surface area contributed by atoms with Crippen molar-refractivity contribution in [3.63, 3.8) is 0 Å². The van der Waals surface area contributed by atoms with Gasteiger partial charge in [0, 0.05) is 22.6 Å². The van der Waals surface area contributed by atoms with E-state index in [-0.39, 0.29) is 12.1 Å². The molecule has 4 nitrogen and oxygen atoms in total. The third kappa shape index (κ3) is 3.71. The first-order chi connectivity index (χ1) is 15.1. The van der Waals surface area contributed by atoms with Gasteiger partial charge in [0.05, 0.1) is 18.3 Å². The van der Waals surface area contributed by atoms with E-state index in [9.17, 15) is 4.79 Å². The molecule has 0 fully saturated rings. The van der Waals surface area contributed by atoms with E-state index < -0.39 is 0 Å². The van der Waals surface area contributed by atoms with Crippen molar-refractivity contribution in [2.75, 3.05) is 5.32 Å². The van der Waals surface area contributed by atoms with Crippen molar-refractivity contribution in [1.29, 1.82) is 0 Å². The van der Waals surface area contributed by atoms with Crippen molar-refractivity contribution in [1.82, 2.24) is 9.47 Å². The number of hydrogen-bond acceptors (Lipinski definition) is 1. The van der Waals surface area contributed by atoms with E-state index in [1.165, 1.54) is 0 Å². The summed E-state index contributed by atoms with van der Waals surface area (Å²) in [6, 6.07) is 27.5. The first-order valence-electron chi connectivity index (χ1n) is 10.3. The maximum Gasteiger partial charge on any atom is 0.322 e. The topological polar surface area (TPSA) is 37.3 Å². The second-order valence-corrected chi connectivity index (χ2v) is 8.25. The van der Waals surface area contributed by atoms with Gasteiger partial charge < -0.3 is 14.8 Å². The van der Waals surface area contributed by atoms with Gasteiger partial charge in [-0.25, -0.2) is 4.79 Å². The summed E-state index contributed by atoms with van der Waals surface area (Å²) in [7, 11) is 0. The predicted molar refractivity (Wildman–Crippen MR) is 125 cm³/mol. The van der Waals surface area contributed by atoms with Crippen LogP contribution in [0.2, 0.25) is 5.02 Å². The summed E-state index contributed by atoms with van der Waals surface area (Å²) in [6.07, 6.45) is 2.05. The van der Waals surface area contributed by atoms with Crippen LogP contribution in [0.5, 0.6) is 0 Å². The molecule has 1 aliphatic heterocycles. The third-order valence-electron chi connectivity index (χ3n) is 5.71. The molecule has 0 saturated heterocycles. The summed E-state index contributed by atoms with van der Waals surface area (Å²) in [4.78, 5) is 15.5. The SMILES string of the molecule is Cc1ccc(NC(=O)N2Cc3ccccc3-n3cccc3[C@H]2c2ccc(Cl)cc2)cc1. The number of anilines is 1. The second-order valence-electron chi connectivity index (χ2n) is 7.81. The Morgan fingerprint density at radius 1 is 0.935 bits per heavy atom. The number of carbonyl (C=O) groups excluding carboxylic acids is 1. The van der Waals surface area contributed by atoms with Crippen molar-refractivity contribution in [2.24, 2.45) is 0 Å². The molecule has 4 aromatic rings. The summed E-state index contributed by atoms with van der Waals surface area (Å²) in [5.74, 6) is 0. The number of para-hydroxylation sites is 1. The molecule has 5 heteroatoms. The number of fused-ring (bicyclic) bond motifs is 3. The highest BCUT2D eigenvalue weighted by molar-refractivity contribution is 6.30. The normalized spacial score (nSPS) is 15.0. The van der Waals surface area contributed by atoms with Crippen LogP contribution in [0.4, 0.5) is 10.5 Å². The summed E-state index contributed by atoms with van der Waals surface area (Å²) in [5, 5.41) is 3.76. The molecule has 0 spiro atoms. The van der Waals surface area contributed by atoms with Crippen molar-refractivity contribution >= 4 is 23.3 Å². The fourth-order valence-corrected chi connectivity index (χ4v) is 4.29. The highest BCUT2D eigenvalue weighted by Crippen LogP contribution is 2.37. The molecule has 0 saturated carbocycles. The van der Waals surface area contributed by atoms with Crippen molar-refractivity contribution < 1.29 is 4.79 Å². The first kappa shape index (κ1) is 19.5. The maximum atomic E-state index is 13.6. The minimum atomic E-state index is -0.259. The largest absolute Gasteiger partial charge is 0.322 e. The maximum absolute atomic E-state index is 13.6. The van der Waals surface area contributed by atoms with Crippen LogP contribution in [-0.2, 0) is 6.54 Å². The number of aryl methyl sites for hydroxylation is 1. The molecular weight excluding hydrogens is 406 g/mol. The standard InChI is InChI=1S/C26H22ClN3O/c1-18-8-14-22(15-9-18)28-26(31)30-17-20-5-2-3-6-23(20)29-16-4-7-24(29)25(30)19-10-12-21(27)13-11-19/h2-16,25H,17H2,1H3,(H,28,31)/t25-/m1/s1. The Morgan fingerprint density at radius 3 is 2.45 bits per heavy atom. The van der Waals surface area contributed by atoms with Crippen LogP contribution >= 0.6 is 11.6 Å². The van der Waals surface area contributed by atoms with E-state index in [2.05, 4.69) is 34.3 Å². The first-order valence-corrected chi connectivity index (χ1v) is 10.6. The predicted octanol–water partition coefficient (Wildman–Crippen LogP) is 6.58. The number of urea groups is 1. The van der Waals surface area contributed by atoms with Crippen LogP contribution in [0.1, 0.15) is 28.4 Å². The second kappa shape index (κ2) is 7.97. The molecule has 1 aromatic heterocycles. The molecule has 0 aliphatic carbocycles. The molecule has 5 rings (SSSR count). The molecule has 0 unspecified atom stereocenters. The molecule has 2 heterocycles. The Morgan fingerprint density at radius 2 is 1.68 bits per heavy atom. The van der Waals surface area contributed by atoms with E-state index >= 15 is 0 Å². The van der Waals surface area contributed by atoms with E-state index in [0.29, 0.717) is 11.6 Å². The van der Waals surface area contributed by atoms with Gasteiger partial charge in [-0.15, -0.1) is 0 Å². The zero-order valence-electron chi connectivity index (χ0n) is 17.1. The molecule has 1 aliphatic rings. The molecule has 0 radical (unpaired) electrons. The minimum Gasteiger partial charge on any atom is -0.318 e. The average molecular weight is 428 g/mol. The molecule has 1 atom stereocenters.